The SMILES string of the molecule is Cc1cc(C(=O)COC(=O)[C@@H]2CCC(=O)N2)c(C)n1Cc1cccs1. The number of hydrogen-bond donors (Lipinski definition) is 1. The van der Waals surface area contributed by atoms with Gasteiger partial charge in [-0.25, -0.2) is 4.79 Å². The lowest BCUT2D eigenvalue weighted by Crippen LogP contribution is -2.35. The summed E-state index contributed by atoms with van der Waals surface area (Å²) in [6.07, 6.45) is 0.735. The van der Waals surface area contributed by atoms with Crippen molar-refractivity contribution in [3.63, 3.8) is 0 Å². The largest absolute Gasteiger partial charge is 0.456 e. The lowest BCUT2D eigenvalue weighted by atomic mass is 10.1. The third kappa shape index (κ3) is 3.82. The molecule has 1 amide bonds. The Morgan fingerprint density at radius 3 is 2.84 bits per heavy atom. The minimum absolute atomic E-state index is 0.162. The van der Waals surface area contributed by atoms with E-state index in [0.29, 0.717) is 18.4 Å². The van der Waals surface area contributed by atoms with Gasteiger partial charge < -0.3 is 14.6 Å². The molecular weight excluding hydrogens is 340 g/mol. The van der Waals surface area contributed by atoms with E-state index < -0.39 is 12.0 Å². The first kappa shape index (κ1) is 17.4. The summed E-state index contributed by atoms with van der Waals surface area (Å²) in [5, 5.41) is 4.56. The average Bonchev–Trinajstić information content (AvgIpc) is 3.30. The van der Waals surface area contributed by atoms with Crippen LogP contribution >= 0.6 is 11.3 Å². The molecular formula is C18H20N2O4S. The molecule has 6 nitrogen and oxygen atoms in total. The number of esters is 1. The molecule has 0 bridgehead atoms. The fraction of sp³-hybridized carbons (Fsp3) is 0.389. The average molecular weight is 360 g/mol. The zero-order chi connectivity index (χ0) is 18.0. The van der Waals surface area contributed by atoms with Crippen LogP contribution in [0.4, 0.5) is 0 Å². The van der Waals surface area contributed by atoms with Gasteiger partial charge in [0.1, 0.15) is 6.04 Å². The fourth-order valence-electron chi connectivity index (χ4n) is 2.99. The fourth-order valence-corrected chi connectivity index (χ4v) is 3.68. The molecule has 0 aliphatic carbocycles. The van der Waals surface area contributed by atoms with E-state index in [0.717, 1.165) is 17.9 Å². The number of thiophene rings is 1. The standard InChI is InChI=1S/C18H20N2O4S/c1-11-8-14(12(2)20(11)9-13-4-3-7-25-13)16(21)10-24-18(23)15-5-6-17(22)19-15/h3-4,7-8,15H,5-6,9-10H2,1-2H3,(H,19,22)/t15-/m0/s1. The minimum Gasteiger partial charge on any atom is -0.456 e. The Morgan fingerprint density at radius 2 is 2.20 bits per heavy atom. The molecule has 25 heavy (non-hydrogen) atoms. The van der Waals surface area contributed by atoms with Gasteiger partial charge in [0.05, 0.1) is 6.54 Å². The first-order valence-electron chi connectivity index (χ1n) is 8.14. The van der Waals surface area contributed by atoms with Gasteiger partial charge in [-0.2, -0.15) is 0 Å². The number of amides is 1. The molecule has 1 atom stereocenters. The number of Topliss-reactive ketones (excluding diaryl/α,β-unsaturated/α-hetero) is 1. The van der Waals surface area contributed by atoms with Crippen LogP contribution in [0, 0.1) is 13.8 Å². The summed E-state index contributed by atoms with van der Waals surface area (Å²) in [5.74, 6) is -0.944. The van der Waals surface area contributed by atoms with E-state index >= 15 is 0 Å². The maximum Gasteiger partial charge on any atom is 0.329 e. The van der Waals surface area contributed by atoms with Gasteiger partial charge >= 0.3 is 5.97 Å². The second kappa shape index (κ2) is 7.23. The van der Waals surface area contributed by atoms with Crippen molar-refractivity contribution >= 4 is 29.0 Å². The molecule has 0 spiro atoms. The number of nitrogens with one attached hydrogen (secondary N) is 1. The highest BCUT2D eigenvalue weighted by Gasteiger charge is 2.29. The lowest BCUT2D eigenvalue weighted by molar-refractivity contribution is -0.145. The smallest absolute Gasteiger partial charge is 0.329 e. The monoisotopic (exact) mass is 360 g/mol. The first-order chi connectivity index (χ1) is 12.0. The van der Waals surface area contributed by atoms with E-state index in [2.05, 4.69) is 16.0 Å². The molecule has 1 aliphatic rings. The summed E-state index contributed by atoms with van der Waals surface area (Å²) in [6.45, 7) is 4.26. The van der Waals surface area contributed by atoms with Gasteiger partial charge in [0.15, 0.2) is 6.61 Å². The Balaban J connectivity index is 1.64. The van der Waals surface area contributed by atoms with E-state index in [9.17, 15) is 14.4 Å². The van der Waals surface area contributed by atoms with Gasteiger partial charge in [0, 0.05) is 28.2 Å². The number of carbonyl (C=O) groups excluding carboxylic acids is 3. The number of ketones is 1. The number of hydrogen-bond acceptors (Lipinski definition) is 5. The third-order valence-electron chi connectivity index (χ3n) is 4.39. The number of ether oxygens (including phenoxy) is 1. The van der Waals surface area contributed by atoms with Crippen molar-refractivity contribution in [1.82, 2.24) is 9.88 Å². The maximum absolute atomic E-state index is 12.4. The molecule has 3 rings (SSSR count). The zero-order valence-corrected chi connectivity index (χ0v) is 15.0. The van der Waals surface area contributed by atoms with Crippen LogP contribution in [0.15, 0.2) is 23.6 Å². The van der Waals surface area contributed by atoms with Crippen molar-refractivity contribution in [3.05, 3.63) is 45.4 Å². The molecule has 0 unspecified atom stereocenters. The van der Waals surface area contributed by atoms with Crippen molar-refractivity contribution in [2.45, 2.75) is 39.3 Å². The second-order valence-corrected chi connectivity index (χ2v) is 7.17. The topological polar surface area (TPSA) is 77.4 Å². The van der Waals surface area contributed by atoms with Crippen LogP contribution in [0.25, 0.3) is 0 Å². The number of aromatic nitrogens is 1. The van der Waals surface area contributed by atoms with Gasteiger partial charge in [0.25, 0.3) is 0 Å². The summed E-state index contributed by atoms with van der Waals surface area (Å²) >= 11 is 1.67. The zero-order valence-electron chi connectivity index (χ0n) is 14.2. The maximum atomic E-state index is 12.4. The molecule has 0 saturated carbocycles. The lowest BCUT2D eigenvalue weighted by Gasteiger charge is -2.10. The highest BCUT2D eigenvalue weighted by Crippen LogP contribution is 2.20. The van der Waals surface area contributed by atoms with E-state index in [1.165, 1.54) is 4.88 Å². The molecule has 1 N–H and O–H groups in total. The molecule has 7 heteroatoms. The van der Waals surface area contributed by atoms with Gasteiger partial charge in [-0.1, -0.05) is 6.07 Å². The van der Waals surface area contributed by atoms with E-state index in [4.69, 9.17) is 4.74 Å². The van der Waals surface area contributed by atoms with Gasteiger partial charge in [0.2, 0.25) is 11.7 Å². The molecule has 0 aromatic carbocycles. The number of nitrogens with zero attached hydrogens (tertiary/aromatic N) is 1. The Kier molecular flexibility index (Phi) is 5.03. The Labute approximate surface area is 149 Å². The number of rotatable bonds is 6. The predicted octanol–water partition coefficient (Wildman–Crippen LogP) is 2.22. The molecule has 2 aromatic heterocycles. The predicted molar refractivity (Wildman–Crippen MR) is 93.8 cm³/mol. The van der Waals surface area contributed by atoms with Crippen molar-refractivity contribution in [1.29, 1.82) is 0 Å². The minimum atomic E-state index is -0.633. The highest BCUT2D eigenvalue weighted by atomic mass is 32.1. The van der Waals surface area contributed by atoms with Crippen molar-refractivity contribution < 1.29 is 19.1 Å². The molecule has 132 valence electrons. The quantitative estimate of drug-likeness (QED) is 0.633. The third-order valence-corrected chi connectivity index (χ3v) is 5.25. The van der Waals surface area contributed by atoms with E-state index in [-0.39, 0.29) is 18.3 Å². The Hall–Kier alpha value is -2.41. The van der Waals surface area contributed by atoms with Crippen LogP contribution in [0.1, 0.15) is 39.5 Å². The molecule has 1 fully saturated rings. The number of carbonyl (C=O) groups is 3. The van der Waals surface area contributed by atoms with Crippen molar-refractivity contribution in [2.75, 3.05) is 6.61 Å². The van der Waals surface area contributed by atoms with Crippen LogP contribution in [0.3, 0.4) is 0 Å². The molecule has 3 heterocycles. The molecule has 0 radical (unpaired) electrons. The van der Waals surface area contributed by atoms with Gasteiger partial charge in [-0.05, 0) is 37.8 Å². The Bertz CT molecular complexity index is 807. The summed E-state index contributed by atoms with van der Waals surface area (Å²) in [6, 6.07) is 5.26. The second-order valence-electron chi connectivity index (χ2n) is 6.14. The summed E-state index contributed by atoms with van der Waals surface area (Å²) in [4.78, 5) is 36.7. The van der Waals surface area contributed by atoms with Crippen molar-refractivity contribution in [3.8, 4) is 0 Å². The normalized spacial score (nSPS) is 16.7. The molecule has 1 aliphatic heterocycles. The van der Waals surface area contributed by atoms with Crippen LogP contribution in [0.2, 0.25) is 0 Å². The summed E-state index contributed by atoms with van der Waals surface area (Å²) in [7, 11) is 0. The Morgan fingerprint density at radius 1 is 1.40 bits per heavy atom. The highest BCUT2D eigenvalue weighted by molar-refractivity contribution is 7.09. The van der Waals surface area contributed by atoms with Crippen LogP contribution in [-0.4, -0.2) is 34.9 Å². The van der Waals surface area contributed by atoms with Crippen LogP contribution in [0.5, 0.6) is 0 Å². The van der Waals surface area contributed by atoms with E-state index in [1.54, 1.807) is 11.3 Å². The number of aryl methyl sites for hydroxylation is 1. The first-order valence-corrected chi connectivity index (χ1v) is 9.02. The van der Waals surface area contributed by atoms with Crippen molar-refractivity contribution in [2.24, 2.45) is 0 Å². The molecule has 1 saturated heterocycles. The van der Waals surface area contributed by atoms with Crippen LogP contribution in [-0.2, 0) is 20.9 Å². The van der Waals surface area contributed by atoms with Crippen LogP contribution < -0.4 is 5.32 Å². The molecule has 2 aromatic rings. The summed E-state index contributed by atoms with van der Waals surface area (Å²) in [5.41, 5.74) is 2.42. The van der Waals surface area contributed by atoms with Gasteiger partial charge in [-0.3, -0.25) is 9.59 Å². The summed E-state index contributed by atoms with van der Waals surface area (Å²) < 4.78 is 7.17. The van der Waals surface area contributed by atoms with E-state index in [1.807, 2.05) is 31.4 Å². The van der Waals surface area contributed by atoms with Gasteiger partial charge in [-0.15, -0.1) is 11.3 Å².